The average molecular weight is 258 g/mol. The first-order valence-corrected chi connectivity index (χ1v) is 6.47. The largest absolute Gasteiger partial charge is 0.391 e. The van der Waals surface area contributed by atoms with Gasteiger partial charge < -0.3 is 19.5 Å². The van der Waals surface area contributed by atoms with Gasteiger partial charge in [0, 0.05) is 20.8 Å². The first-order valence-electron chi connectivity index (χ1n) is 5.65. The highest BCUT2D eigenvalue weighted by atomic mass is 32.1. The number of likely N-dealkylation sites (N-methyl/N-ethyl adjacent to an activating group) is 1. The molecule has 17 heavy (non-hydrogen) atoms. The quantitative estimate of drug-likeness (QED) is 0.854. The van der Waals surface area contributed by atoms with Crippen molar-refractivity contribution in [3.05, 3.63) is 10.6 Å². The lowest BCUT2D eigenvalue weighted by Crippen LogP contribution is -2.31. The van der Waals surface area contributed by atoms with Crippen LogP contribution in [0.25, 0.3) is 0 Å². The van der Waals surface area contributed by atoms with Crippen LogP contribution in [0.1, 0.15) is 17.0 Å². The van der Waals surface area contributed by atoms with E-state index in [0.29, 0.717) is 12.6 Å². The number of aliphatic hydroxyl groups is 1. The Kier molecular flexibility index (Phi) is 4.33. The summed E-state index contributed by atoms with van der Waals surface area (Å²) in [7, 11) is 3.66. The summed E-state index contributed by atoms with van der Waals surface area (Å²) in [6, 6.07) is 0.392. The second kappa shape index (κ2) is 5.77. The highest BCUT2D eigenvalue weighted by molar-refractivity contribution is 7.15. The van der Waals surface area contributed by atoms with Gasteiger partial charge in [-0.1, -0.05) is 11.3 Å². The molecule has 1 aromatic heterocycles. The van der Waals surface area contributed by atoms with Crippen molar-refractivity contribution in [2.24, 2.45) is 0 Å². The van der Waals surface area contributed by atoms with Crippen LogP contribution in [0, 0.1) is 0 Å². The van der Waals surface area contributed by atoms with E-state index in [0.717, 1.165) is 35.3 Å². The van der Waals surface area contributed by atoms with Crippen LogP contribution in [0.4, 0.5) is 5.13 Å². The zero-order chi connectivity index (χ0) is 12.3. The maximum atomic E-state index is 9.28. The molecular formula is C11H18N2O3S. The van der Waals surface area contributed by atoms with Crippen molar-refractivity contribution < 1.29 is 14.6 Å². The SMILES string of the molecule is COCc1nc(N(C)C2CCOC2)sc1CO. The molecule has 1 aromatic rings. The first-order chi connectivity index (χ1) is 8.26. The molecule has 96 valence electrons. The van der Waals surface area contributed by atoms with Crippen molar-refractivity contribution in [1.82, 2.24) is 4.98 Å². The topological polar surface area (TPSA) is 54.8 Å². The molecule has 1 saturated heterocycles. The maximum absolute atomic E-state index is 9.28. The lowest BCUT2D eigenvalue weighted by molar-refractivity contribution is 0.179. The number of aromatic nitrogens is 1. The van der Waals surface area contributed by atoms with Gasteiger partial charge in [-0.25, -0.2) is 4.98 Å². The van der Waals surface area contributed by atoms with Crippen molar-refractivity contribution in [2.75, 3.05) is 32.3 Å². The summed E-state index contributed by atoms with van der Waals surface area (Å²) in [4.78, 5) is 7.54. The van der Waals surface area contributed by atoms with E-state index in [1.54, 1.807) is 7.11 Å². The molecule has 0 aliphatic carbocycles. The van der Waals surface area contributed by atoms with Crippen LogP contribution in [0.15, 0.2) is 0 Å². The number of nitrogens with zero attached hydrogens (tertiary/aromatic N) is 2. The summed E-state index contributed by atoms with van der Waals surface area (Å²) >= 11 is 1.52. The predicted molar refractivity (Wildman–Crippen MR) is 66.4 cm³/mol. The summed E-state index contributed by atoms with van der Waals surface area (Å²) in [5.74, 6) is 0. The summed E-state index contributed by atoms with van der Waals surface area (Å²) < 4.78 is 10.5. The fraction of sp³-hybridized carbons (Fsp3) is 0.727. The number of hydrogen-bond acceptors (Lipinski definition) is 6. The summed E-state index contributed by atoms with van der Waals surface area (Å²) in [5, 5.41) is 10.2. The van der Waals surface area contributed by atoms with E-state index in [-0.39, 0.29) is 6.61 Å². The zero-order valence-corrected chi connectivity index (χ0v) is 11.0. The molecule has 6 heteroatoms. The van der Waals surface area contributed by atoms with Gasteiger partial charge in [0.2, 0.25) is 0 Å². The van der Waals surface area contributed by atoms with Crippen LogP contribution in [0.3, 0.4) is 0 Å². The number of aliphatic hydroxyl groups excluding tert-OH is 1. The van der Waals surface area contributed by atoms with Crippen LogP contribution in [0.2, 0.25) is 0 Å². The molecule has 0 saturated carbocycles. The number of hydrogen-bond donors (Lipinski definition) is 1. The Labute approximate surface area is 105 Å². The van der Waals surface area contributed by atoms with E-state index < -0.39 is 0 Å². The van der Waals surface area contributed by atoms with Gasteiger partial charge in [0.25, 0.3) is 0 Å². The van der Waals surface area contributed by atoms with Gasteiger partial charge in [0.1, 0.15) is 0 Å². The smallest absolute Gasteiger partial charge is 0.186 e. The lowest BCUT2D eigenvalue weighted by Gasteiger charge is -2.21. The highest BCUT2D eigenvalue weighted by Gasteiger charge is 2.23. The van der Waals surface area contributed by atoms with Gasteiger partial charge in [-0.15, -0.1) is 0 Å². The molecule has 1 atom stereocenters. The van der Waals surface area contributed by atoms with Gasteiger partial charge in [-0.05, 0) is 6.42 Å². The Morgan fingerprint density at radius 2 is 2.47 bits per heavy atom. The average Bonchev–Trinajstić information content (AvgIpc) is 2.97. The molecule has 1 N–H and O–H groups in total. The first kappa shape index (κ1) is 12.8. The Bertz CT molecular complexity index is 364. The third-order valence-electron chi connectivity index (χ3n) is 2.95. The molecule has 0 aromatic carbocycles. The minimum Gasteiger partial charge on any atom is -0.391 e. The summed E-state index contributed by atoms with van der Waals surface area (Å²) in [6.07, 6.45) is 1.03. The Morgan fingerprint density at radius 1 is 1.65 bits per heavy atom. The molecule has 0 spiro atoms. The molecule has 1 aliphatic rings. The van der Waals surface area contributed by atoms with Gasteiger partial charge in [-0.2, -0.15) is 0 Å². The van der Waals surface area contributed by atoms with E-state index in [4.69, 9.17) is 9.47 Å². The van der Waals surface area contributed by atoms with Crippen LogP contribution < -0.4 is 4.90 Å². The lowest BCUT2D eigenvalue weighted by atomic mass is 10.2. The number of ether oxygens (including phenoxy) is 2. The van der Waals surface area contributed by atoms with Crippen molar-refractivity contribution in [2.45, 2.75) is 25.7 Å². The van der Waals surface area contributed by atoms with Gasteiger partial charge >= 0.3 is 0 Å². The second-order valence-electron chi connectivity index (χ2n) is 4.09. The highest BCUT2D eigenvalue weighted by Crippen LogP contribution is 2.29. The minimum absolute atomic E-state index is 0.0192. The van der Waals surface area contributed by atoms with Crippen LogP contribution in [-0.4, -0.2) is 43.5 Å². The van der Waals surface area contributed by atoms with Gasteiger partial charge in [-0.3, -0.25) is 0 Å². The number of anilines is 1. The van der Waals surface area contributed by atoms with Crippen molar-refractivity contribution >= 4 is 16.5 Å². The van der Waals surface area contributed by atoms with Gasteiger partial charge in [0.05, 0.1) is 36.4 Å². The number of methoxy groups -OCH3 is 1. The zero-order valence-electron chi connectivity index (χ0n) is 10.2. The Morgan fingerprint density at radius 3 is 3.06 bits per heavy atom. The minimum atomic E-state index is 0.0192. The summed E-state index contributed by atoms with van der Waals surface area (Å²) in [6.45, 7) is 2.04. The van der Waals surface area contributed by atoms with Crippen LogP contribution >= 0.6 is 11.3 Å². The van der Waals surface area contributed by atoms with Crippen LogP contribution in [0.5, 0.6) is 0 Å². The monoisotopic (exact) mass is 258 g/mol. The molecular weight excluding hydrogens is 240 g/mol. The van der Waals surface area contributed by atoms with Crippen molar-refractivity contribution in [3.8, 4) is 0 Å². The Balaban J connectivity index is 2.14. The molecule has 2 heterocycles. The fourth-order valence-corrected chi connectivity index (χ4v) is 2.83. The molecule has 2 rings (SSSR count). The number of thiazole rings is 1. The normalized spacial score (nSPS) is 19.8. The van der Waals surface area contributed by atoms with E-state index >= 15 is 0 Å². The van der Waals surface area contributed by atoms with E-state index in [2.05, 4.69) is 9.88 Å². The van der Waals surface area contributed by atoms with Crippen molar-refractivity contribution in [1.29, 1.82) is 0 Å². The van der Waals surface area contributed by atoms with E-state index in [9.17, 15) is 5.11 Å². The Hall–Kier alpha value is -0.690. The van der Waals surface area contributed by atoms with Crippen LogP contribution in [-0.2, 0) is 22.7 Å². The molecule has 1 unspecified atom stereocenters. The predicted octanol–water partition coefficient (Wildman–Crippen LogP) is 1.01. The molecule has 0 amide bonds. The molecule has 1 aliphatic heterocycles. The van der Waals surface area contributed by atoms with E-state index in [1.165, 1.54) is 11.3 Å². The third kappa shape index (κ3) is 2.77. The summed E-state index contributed by atoms with van der Waals surface area (Å²) in [5.41, 5.74) is 0.834. The number of rotatable bonds is 5. The van der Waals surface area contributed by atoms with Gasteiger partial charge in [0.15, 0.2) is 5.13 Å². The molecule has 0 radical (unpaired) electrons. The molecule has 0 bridgehead atoms. The standard InChI is InChI=1S/C11H18N2O3S/c1-13(8-3-4-16-6-8)11-12-9(7-15-2)10(5-14)17-11/h8,14H,3-7H2,1-2H3. The van der Waals surface area contributed by atoms with Crippen molar-refractivity contribution in [3.63, 3.8) is 0 Å². The van der Waals surface area contributed by atoms with E-state index in [1.807, 2.05) is 7.05 Å². The third-order valence-corrected chi connectivity index (χ3v) is 4.12. The molecule has 1 fully saturated rings. The second-order valence-corrected chi connectivity index (χ2v) is 5.15. The molecule has 5 nitrogen and oxygen atoms in total. The maximum Gasteiger partial charge on any atom is 0.186 e. The fourth-order valence-electron chi connectivity index (χ4n) is 1.88.